The fourth-order valence-corrected chi connectivity index (χ4v) is 1.53. The zero-order valence-electron chi connectivity index (χ0n) is 15.0. The molecule has 0 aliphatic heterocycles. The van der Waals surface area contributed by atoms with Crippen molar-refractivity contribution in [2.45, 2.75) is 52.7 Å². The first kappa shape index (κ1) is 20.1. The van der Waals surface area contributed by atoms with Crippen molar-refractivity contribution in [2.24, 2.45) is 0 Å². The van der Waals surface area contributed by atoms with E-state index in [1.165, 1.54) is 6.07 Å². The number of hydrazine groups is 1. The Labute approximate surface area is 145 Å². The molecule has 0 saturated heterocycles. The van der Waals surface area contributed by atoms with Crippen LogP contribution in [-0.4, -0.2) is 33.3 Å². The molecule has 2 amide bonds. The smallest absolute Gasteiger partial charge is 0.434 e. The third kappa shape index (κ3) is 7.02. The minimum atomic E-state index is -0.894. The van der Waals surface area contributed by atoms with Crippen LogP contribution in [0.2, 0.25) is 0 Å². The van der Waals surface area contributed by atoms with Crippen LogP contribution >= 0.6 is 0 Å². The SMILES string of the molecule is CC(C)(C)OC(=O)NN(C(=O)OC(C)(C)C)c1ccc([N+](=O)[O-])nc1. The molecule has 1 N–H and O–H groups in total. The van der Waals surface area contributed by atoms with Crippen molar-refractivity contribution in [1.29, 1.82) is 0 Å². The largest absolute Gasteiger partial charge is 0.443 e. The van der Waals surface area contributed by atoms with Crippen molar-refractivity contribution in [2.75, 3.05) is 5.01 Å². The molecule has 0 bridgehead atoms. The Morgan fingerprint density at radius 1 is 1.12 bits per heavy atom. The number of carbonyl (C=O) groups is 2. The van der Waals surface area contributed by atoms with Crippen LogP contribution in [0.25, 0.3) is 0 Å². The Kier molecular flexibility index (Phi) is 5.90. The number of pyridine rings is 1. The van der Waals surface area contributed by atoms with E-state index in [9.17, 15) is 19.7 Å². The van der Waals surface area contributed by atoms with Gasteiger partial charge in [0.2, 0.25) is 0 Å². The summed E-state index contributed by atoms with van der Waals surface area (Å²) in [6.45, 7) is 9.97. The van der Waals surface area contributed by atoms with Gasteiger partial charge in [0, 0.05) is 6.07 Å². The van der Waals surface area contributed by atoms with Crippen LogP contribution in [0.4, 0.5) is 21.1 Å². The third-order valence-corrected chi connectivity index (χ3v) is 2.36. The van der Waals surface area contributed by atoms with Gasteiger partial charge in [-0.3, -0.25) is 0 Å². The van der Waals surface area contributed by atoms with Gasteiger partial charge >= 0.3 is 18.0 Å². The molecule has 1 heterocycles. The van der Waals surface area contributed by atoms with E-state index >= 15 is 0 Å². The molecule has 0 aliphatic carbocycles. The van der Waals surface area contributed by atoms with Gasteiger partial charge in [0.1, 0.15) is 16.9 Å². The second kappa shape index (κ2) is 7.32. The van der Waals surface area contributed by atoms with Crippen molar-refractivity contribution in [3.63, 3.8) is 0 Å². The number of rotatable bonds is 2. The average Bonchev–Trinajstić information content (AvgIpc) is 2.41. The van der Waals surface area contributed by atoms with Crippen LogP contribution in [0.3, 0.4) is 0 Å². The summed E-state index contributed by atoms with van der Waals surface area (Å²) in [4.78, 5) is 38.0. The van der Waals surface area contributed by atoms with Crippen LogP contribution in [0.15, 0.2) is 18.3 Å². The first-order valence-corrected chi connectivity index (χ1v) is 7.42. The lowest BCUT2D eigenvalue weighted by molar-refractivity contribution is -0.389. The summed E-state index contributed by atoms with van der Waals surface area (Å²) in [5.74, 6) is -0.398. The van der Waals surface area contributed by atoms with Crippen molar-refractivity contribution >= 4 is 23.7 Å². The van der Waals surface area contributed by atoms with Crippen molar-refractivity contribution in [3.05, 3.63) is 28.4 Å². The fourth-order valence-electron chi connectivity index (χ4n) is 1.53. The number of nitrogens with zero attached hydrogens (tertiary/aromatic N) is 3. The molecule has 0 atom stereocenters. The predicted molar refractivity (Wildman–Crippen MR) is 89.0 cm³/mol. The molecule has 0 aromatic carbocycles. The van der Waals surface area contributed by atoms with Crippen molar-refractivity contribution in [3.8, 4) is 0 Å². The number of ether oxygens (including phenoxy) is 2. The van der Waals surface area contributed by atoms with E-state index in [1.54, 1.807) is 41.5 Å². The standard InChI is InChI=1S/C15H22N4O6/c1-14(2,3)24-12(20)17-18(13(21)25-15(4,5)6)10-7-8-11(16-9-10)19(22)23/h7-9H,1-6H3,(H,17,20). The Morgan fingerprint density at radius 3 is 2.08 bits per heavy atom. The number of hydrogen-bond donors (Lipinski definition) is 1. The highest BCUT2D eigenvalue weighted by Crippen LogP contribution is 2.19. The van der Waals surface area contributed by atoms with E-state index < -0.39 is 34.1 Å². The van der Waals surface area contributed by atoms with Crippen LogP contribution in [-0.2, 0) is 9.47 Å². The molecule has 0 saturated carbocycles. The molecule has 1 aromatic rings. The highest BCUT2D eigenvalue weighted by molar-refractivity contribution is 5.90. The Bertz CT molecular complexity index is 645. The average molecular weight is 354 g/mol. The van der Waals surface area contributed by atoms with Crippen LogP contribution in [0.1, 0.15) is 41.5 Å². The van der Waals surface area contributed by atoms with Gasteiger partial charge in [-0.1, -0.05) is 0 Å². The molecule has 138 valence electrons. The molecular weight excluding hydrogens is 332 g/mol. The lowest BCUT2D eigenvalue weighted by Gasteiger charge is -2.28. The summed E-state index contributed by atoms with van der Waals surface area (Å²) in [5.41, 5.74) is 0.723. The van der Waals surface area contributed by atoms with Gasteiger partial charge in [-0.05, 0) is 57.5 Å². The zero-order valence-corrected chi connectivity index (χ0v) is 15.0. The molecule has 0 aliphatic rings. The maximum absolute atomic E-state index is 12.4. The quantitative estimate of drug-likeness (QED) is 0.639. The van der Waals surface area contributed by atoms with Crippen molar-refractivity contribution < 1.29 is 24.0 Å². The Morgan fingerprint density at radius 2 is 1.68 bits per heavy atom. The van der Waals surface area contributed by atoms with Gasteiger partial charge in [0.05, 0.1) is 0 Å². The maximum atomic E-state index is 12.4. The second-order valence-electron chi connectivity index (χ2n) is 7.06. The fraction of sp³-hybridized carbons (Fsp3) is 0.533. The number of aromatic nitrogens is 1. The van der Waals surface area contributed by atoms with E-state index in [-0.39, 0.29) is 5.69 Å². The van der Waals surface area contributed by atoms with Crippen LogP contribution < -0.4 is 10.4 Å². The van der Waals surface area contributed by atoms with Gasteiger partial charge < -0.3 is 19.6 Å². The first-order valence-electron chi connectivity index (χ1n) is 7.42. The minimum Gasteiger partial charge on any atom is -0.443 e. The number of anilines is 1. The van der Waals surface area contributed by atoms with Gasteiger partial charge in [0.15, 0.2) is 6.20 Å². The van der Waals surface area contributed by atoms with E-state index in [4.69, 9.17) is 9.47 Å². The third-order valence-electron chi connectivity index (χ3n) is 2.36. The molecule has 0 fully saturated rings. The summed E-state index contributed by atoms with van der Waals surface area (Å²) in [7, 11) is 0. The molecule has 10 heteroatoms. The van der Waals surface area contributed by atoms with E-state index in [2.05, 4.69) is 10.4 Å². The van der Waals surface area contributed by atoms with Crippen LogP contribution in [0.5, 0.6) is 0 Å². The monoisotopic (exact) mass is 354 g/mol. The topological polar surface area (TPSA) is 124 Å². The van der Waals surface area contributed by atoms with E-state index in [0.717, 1.165) is 17.3 Å². The van der Waals surface area contributed by atoms with Gasteiger partial charge in [-0.2, -0.15) is 5.01 Å². The molecular formula is C15H22N4O6. The molecule has 10 nitrogen and oxygen atoms in total. The van der Waals surface area contributed by atoms with E-state index in [1.807, 2.05) is 0 Å². The molecule has 0 spiro atoms. The predicted octanol–water partition coefficient (Wildman–Crippen LogP) is 3.17. The Hall–Kier alpha value is -2.91. The first-order chi connectivity index (χ1) is 11.3. The Balaban J connectivity index is 3.08. The van der Waals surface area contributed by atoms with E-state index in [0.29, 0.717) is 0 Å². The zero-order chi connectivity index (χ0) is 19.4. The number of nitrogens with one attached hydrogen (secondary N) is 1. The summed E-state index contributed by atoms with van der Waals surface area (Å²) in [6.07, 6.45) is -0.717. The lowest BCUT2D eigenvalue weighted by Crippen LogP contribution is -2.50. The van der Waals surface area contributed by atoms with Gasteiger partial charge in [-0.15, -0.1) is 0 Å². The highest BCUT2D eigenvalue weighted by atomic mass is 16.6. The van der Waals surface area contributed by atoms with Gasteiger partial charge in [0.25, 0.3) is 0 Å². The lowest BCUT2D eigenvalue weighted by atomic mass is 10.2. The van der Waals surface area contributed by atoms with Crippen LogP contribution in [0, 0.1) is 10.1 Å². The minimum absolute atomic E-state index is 0.0747. The maximum Gasteiger partial charge on any atom is 0.434 e. The molecule has 1 aromatic heterocycles. The molecule has 1 rings (SSSR count). The summed E-state index contributed by atoms with van der Waals surface area (Å²) < 4.78 is 10.3. The summed E-state index contributed by atoms with van der Waals surface area (Å²) >= 11 is 0. The number of hydrogen-bond acceptors (Lipinski definition) is 7. The summed E-state index contributed by atoms with van der Waals surface area (Å²) in [5, 5.41) is 11.5. The number of nitro groups is 1. The molecule has 0 unspecified atom stereocenters. The number of carbonyl (C=O) groups excluding carboxylic acids is 2. The van der Waals surface area contributed by atoms with Gasteiger partial charge in [-0.25, -0.2) is 15.0 Å². The summed E-state index contributed by atoms with van der Waals surface area (Å²) in [6, 6.07) is 2.36. The van der Waals surface area contributed by atoms with Crippen molar-refractivity contribution in [1.82, 2.24) is 10.4 Å². The normalized spacial score (nSPS) is 11.4. The number of amides is 2. The molecule has 0 radical (unpaired) electrons. The highest BCUT2D eigenvalue weighted by Gasteiger charge is 2.28. The second-order valence-corrected chi connectivity index (χ2v) is 7.06. The molecule has 25 heavy (non-hydrogen) atoms.